The lowest BCUT2D eigenvalue weighted by molar-refractivity contribution is 0.0940. The molecular weight excluding hydrogens is 398 g/mol. The van der Waals surface area contributed by atoms with Crippen LogP contribution >= 0.6 is 0 Å². The quantitative estimate of drug-likeness (QED) is 0.579. The van der Waals surface area contributed by atoms with Crippen LogP contribution in [-0.2, 0) is 6.54 Å². The van der Waals surface area contributed by atoms with Crippen molar-refractivity contribution in [2.24, 2.45) is 0 Å². The molecule has 1 N–H and O–H groups in total. The third-order valence-electron chi connectivity index (χ3n) is 5.83. The van der Waals surface area contributed by atoms with Crippen LogP contribution in [-0.4, -0.2) is 29.9 Å². The van der Waals surface area contributed by atoms with E-state index in [0.717, 1.165) is 29.8 Å². The van der Waals surface area contributed by atoms with Crippen molar-refractivity contribution in [3.05, 3.63) is 101 Å². The first-order valence-corrected chi connectivity index (χ1v) is 11.1. The molecule has 1 atom stereocenters. The van der Waals surface area contributed by atoms with Crippen LogP contribution in [0.1, 0.15) is 46.4 Å². The Hall–Kier alpha value is -3.60. The number of hydrogen-bond donors (Lipinski definition) is 1. The van der Waals surface area contributed by atoms with Crippen LogP contribution in [0.3, 0.4) is 0 Å². The van der Waals surface area contributed by atoms with E-state index in [1.54, 1.807) is 17.0 Å². The summed E-state index contributed by atoms with van der Waals surface area (Å²) in [5.41, 5.74) is 4.67. The summed E-state index contributed by atoms with van der Waals surface area (Å²) in [4.78, 5) is 29.7. The maximum Gasteiger partial charge on any atom is 0.324 e. The topological polar surface area (TPSA) is 52.6 Å². The number of urea groups is 1. The minimum Gasteiger partial charge on any atom is -0.346 e. The predicted octanol–water partition coefficient (Wildman–Crippen LogP) is 5.32. The van der Waals surface area contributed by atoms with Gasteiger partial charge in [0.05, 0.1) is 6.04 Å². The van der Waals surface area contributed by atoms with E-state index in [0.29, 0.717) is 18.7 Å². The summed E-state index contributed by atoms with van der Waals surface area (Å²) in [5.74, 6) is -0.149. The number of nitrogens with one attached hydrogen (secondary N) is 1. The second-order valence-corrected chi connectivity index (χ2v) is 8.35. The van der Waals surface area contributed by atoms with Crippen molar-refractivity contribution < 1.29 is 9.59 Å². The molecule has 0 radical (unpaired) electrons. The molecule has 32 heavy (non-hydrogen) atoms. The average Bonchev–Trinajstić information content (AvgIpc) is 2.81. The van der Waals surface area contributed by atoms with Crippen molar-refractivity contribution in [1.29, 1.82) is 0 Å². The van der Waals surface area contributed by atoms with Crippen LogP contribution < -0.4 is 10.2 Å². The molecule has 1 aliphatic heterocycles. The van der Waals surface area contributed by atoms with E-state index in [-0.39, 0.29) is 18.0 Å². The maximum absolute atomic E-state index is 13.2. The SMILES string of the molecule is Cc1cccc(CN2CCCN(c3cccc(C(=O)NC(C)c4ccccc4)c3)C2=O)c1. The van der Waals surface area contributed by atoms with Gasteiger partial charge >= 0.3 is 6.03 Å². The second kappa shape index (κ2) is 9.69. The Labute approximate surface area is 189 Å². The Morgan fingerprint density at radius 1 is 0.969 bits per heavy atom. The molecule has 1 fully saturated rings. The Bertz CT molecular complexity index is 1100. The Morgan fingerprint density at radius 3 is 2.53 bits per heavy atom. The van der Waals surface area contributed by atoms with Crippen molar-refractivity contribution in [3.63, 3.8) is 0 Å². The molecule has 0 bridgehead atoms. The predicted molar refractivity (Wildman–Crippen MR) is 128 cm³/mol. The number of anilines is 1. The molecule has 0 aromatic heterocycles. The fourth-order valence-electron chi connectivity index (χ4n) is 4.12. The number of carbonyl (C=O) groups excluding carboxylic acids is 2. The summed E-state index contributed by atoms with van der Waals surface area (Å²) in [6.07, 6.45) is 0.888. The van der Waals surface area contributed by atoms with Crippen LogP contribution in [0.5, 0.6) is 0 Å². The zero-order chi connectivity index (χ0) is 22.5. The van der Waals surface area contributed by atoms with Gasteiger partial charge in [0.25, 0.3) is 5.91 Å². The van der Waals surface area contributed by atoms with Gasteiger partial charge in [-0.25, -0.2) is 4.79 Å². The summed E-state index contributed by atoms with van der Waals surface area (Å²) in [6, 6.07) is 25.3. The highest BCUT2D eigenvalue weighted by Crippen LogP contribution is 2.23. The van der Waals surface area contributed by atoms with Gasteiger partial charge in [-0.3, -0.25) is 9.69 Å². The second-order valence-electron chi connectivity index (χ2n) is 8.35. The van der Waals surface area contributed by atoms with Crippen molar-refractivity contribution in [1.82, 2.24) is 10.2 Å². The molecule has 1 saturated heterocycles. The number of carbonyl (C=O) groups is 2. The third kappa shape index (κ3) is 4.99. The van der Waals surface area contributed by atoms with Crippen molar-refractivity contribution in [2.75, 3.05) is 18.0 Å². The summed E-state index contributed by atoms with van der Waals surface area (Å²) in [5, 5.41) is 3.05. The van der Waals surface area contributed by atoms with Gasteiger partial charge in [-0.05, 0) is 49.6 Å². The minimum atomic E-state index is -0.149. The lowest BCUT2D eigenvalue weighted by atomic mass is 10.1. The van der Waals surface area contributed by atoms with Gasteiger partial charge in [-0.15, -0.1) is 0 Å². The molecule has 0 aliphatic carbocycles. The van der Waals surface area contributed by atoms with Gasteiger partial charge in [-0.1, -0.05) is 66.2 Å². The molecule has 5 nitrogen and oxygen atoms in total. The monoisotopic (exact) mass is 427 g/mol. The minimum absolute atomic E-state index is 0.0204. The van der Waals surface area contributed by atoms with Gasteiger partial charge < -0.3 is 10.2 Å². The number of nitrogens with zero attached hydrogens (tertiary/aromatic N) is 2. The lowest BCUT2D eigenvalue weighted by Crippen LogP contribution is -2.49. The van der Waals surface area contributed by atoms with Gasteiger partial charge in [-0.2, -0.15) is 0 Å². The van der Waals surface area contributed by atoms with E-state index in [4.69, 9.17) is 0 Å². The lowest BCUT2D eigenvalue weighted by Gasteiger charge is -2.36. The van der Waals surface area contributed by atoms with Gasteiger partial charge in [0.2, 0.25) is 0 Å². The van der Waals surface area contributed by atoms with E-state index in [2.05, 4.69) is 30.4 Å². The standard InChI is InChI=1S/C27H29N3O2/c1-20-9-6-10-22(17-20)19-29-15-8-16-30(27(29)32)25-14-7-13-24(18-25)26(31)28-21(2)23-11-4-3-5-12-23/h3-7,9-14,17-18,21H,8,15-16,19H2,1-2H3,(H,28,31). The Balaban J connectivity index is 1.47. The number of benzene rings is 3. The molecule has 0 saturated carbocycles. The smallest absolute Gasteiger partial charge is 0.324 e. The van der Waals surface area contributed by atoms with Crippen molar-refractivity contribution in [3.8, 4) is 0 Å². The number of aryl methyl sites for hydroxylation is 1. The fourth-order valence-corrected chi connectivity index (χ4v) is 4.12. The van der Waals surface area contributed by atoms with Gasteiger partial charge in [0.1, 0.15) is 0 Å². The van der Waals surface area contributed by atoms with E-state index >= 15 is 0 Å². The van der Waals surface area contributed by atoms with E-state index in [1.165, 1.54) is 5.56 Å². The highest BCUT2D eigenvalue weighted by molar-refractivity contribution is 5.98. The third-order valence-corrected chi connectivity index (χ3v) is 5.83. The maximum atomic E-state index is 13.2. The molecule has 1 heterocycles. The molecule has 3 aromatic rings. The summed E-state index contributed by atoms with van der Waals surface area (Å²) < 4.78 is 0. The van der Waals surface area contributed by atoms with Gasteiger partial charge in [0.15, 0.2) is 0 Å². The number of amides is 3. The highest BCUT2D eigenvalue weighted by Gasteiger charge is 2.27. The summed E-state index contributed by atoms with van der Waals surface area (Å²) in [7, 11) is 0. The van der Waals surface area contributed by atoms with Crippen LogP contribution in [0.2, 0.25) is 0 Å². The first-order valence-electron chi connectivity index (χ1n) is 11.1. The normalized spacial score (nSPS) is 14.9. The van der Waals surface area contributed by atoms with Gasteiger partial charge in [0, 0.05) is 30.9 Å². The zero-order valence-corrected chi connectivity index (χ0v) is 18.6. The molecular formula is C27H29N3O2. The van der Waals surface area contributed by atoms with Crippen LogP contribution in [0.25, 0.3) is 0 Å². The van der Waals surface area contributed by atoms with Crippen molar-refractivity contribution in [2.45, 2.75) is 32.9 Å². The first-order chi connectivity index (χ1) is 15.5. The number of hydrogen-bond acceptors (Lipinski definition) is 2. The molecule has 3 amide bonds. The largest absolute Gasteiger partial charge is 0.346 e. The fraction of sp³-hybridized carbons (Fsp3) is 0.259. The first kappa shape index (κ1) is 21.6. The molecule has 5 heteroatoms. The zero-order valence-electron chi connectivity index (χ0n) is 18.6. The summed E-state index contributed by atoms with van der Waals surface area (Å²) >= 11 is 0. The summed E-state index contributed by atoms with van der Waals surface area (Å²) in [6.45, 7) is 6.00. The van der Waals surface area contributed by atoms with E-state index < -0.39 is 0 Å². The van der Waals surface area contributed by atoms with Crippen molar-refractivity contribution >= 4 is 17.6 Å². The average molecular weight is 428 g/mol. The van der Waals surface area contributed by atoms with Crippen LogP contribution in [0, 0.1) is 6.92 Å². The van der Waals surface area contributed by atoms with Crippen LogP contribution in [0.15, 0.2) is 78.9 Å². The molecule has 164 valence electrons. The Morgan fingerprint density at radius 2 is 1.75 bits per heavy atom. The van der Waals surface area contributed by atoms with E-state index in [9.17, 15) is 9.59 Å². The molecule has 3 aromatic carbocycles. The highest BCUT2D eigenvalue weighted by atomic mass is 16.2. The number of rotatable bonds is 6. The molecule has 0 spiro atoms. The molecule has 1 aliphatic rings. The Kier molecular flexibility index (Phi) is 6.55. The van der Waals surface area contributed by atoms with Crippen LogP contribution in [0.4, 0.5) is 10.5 Å². The van der Waals surface area contributed by atoms with E-state index in [1.807, 2.05) is 60.4 Å². The molecule has 1 unspecified atom stereocenters. The molecule has 4 rings (SSSR count).